The number of rotatable bonds is 9. The van der Waals surface area contributed by atoms with Gasteiger partial charge in [0, 0.05) is 9.35 Å². The molecule has 0 aromatic carbocycles. The second kappa shape index (κ2) is 9.09. The van der Waals surface area contributed by atoms with E-state index in [1.165, 1.54) is 47.9 Å². The molecule has 0 amide bonds. The van der Waals surface area contributed by atoms with Crippen molar-refractivity contribution in [1.29, 1.82) is 0 Å². The number of nitrogens with one attached hydrogen (secondary N) is 1. The zero-order valence-electron chi connectivity index (χ0n) is 10.5. The molecule has 17 heavy (non-hydrogen) atoms. The maximum absolute atomic E-state index is 5.63. The fraction of sp³-hybridized carbons (Fsp3) is 0.692. The van der Waals surface area contributed by atoms with Crippen LogP contribution >= 0.6 is 27.3 Å². The molecule has 0 bridgehead atoms. The van der Waals surface area contributed by atoms with E-state index < -0.39 is 0 Å². The standard InChI is InChI=1S/C13H23BrN2S/c1-2-3-4-5-6-7-8-12(16-15)13-11(14)9-10-17-13/h9-10,12,16H,2-8,15H2,1H3. The van der Waals surface area contributed by atoms with E-state index >= 15 is 0 Å². The summed E-state index contributed by atoms with van der Waals surface area (Å²) in [5, 5.41) is 2.10. The Morgan fingerprint density at radius 3 is 2.59 bits per heavy atom. The quantitative estimate of drug-likeness (QED) is 0.391. The van der Waals surface area contributed by atoms with E-state index in [1.807, 2.05) is 0 Å². The molecule has 1 atom stereocenters. The Kier molecular flexibility index (Phi) is 8.10. The molecule has 0 radical (unpaired) electrons. The molecule has 98 valence electrons. The Morgan fingerprint density at radius 1 is 1.29 bits per heavy atom. The second-order valence-corrected chi connectivity index (χ2v) is 6.21. The molecule has 0 aliphatic heterocycles. The minimum absolute atomic E-state index is 0.301. The van der Waals surface area contributed by atoms with E-state index in [-0.39, 0.29) is 0 Å². The number of hydrazine groups is 1. The van der Waals surface area contributed by atoms with Crippen LogP contribution < -0.4 is 11.3 Å². The summed E-state index contributed by atoms with van der Waals surface area (Å²) in [7, 11) is 0. The molecule has 1 aromatic heterocycles. The fourth-order valence-electron chi connectivity index (χ4n) is 1.97. The predicted molar refractivity (Wildman–Crippen MR) is 80.1 cm³/mol. The van der Waals surface area contributed by atoms with Gasteiger partial charge in [-0.25, -0.2) is 0 Å². The van der Waals surface area contributed by atoms with Gasteiger partial charge in [0.15, 0.2) is 0 Å². The van der Waals surface area contributed by atoms with Crippen molar-refractivity contribution in [2.75, 3.05) is 0 Å². The first-order valence-corrected chi connectivity index (χ1v) is 8.15. The molecule has 0 aliphatic rings. The molecular weight excluding hydrogens is 296 g/mol. The Hall–Kier alpha value is 0.100. The summed E-state index contributed by atoms with van der Waals surface area (Å²) in [5.74, 6) is 5.63. The van der Waals surface area contributed by atoms with Crippen molar-refractivity contribution < 1.29 is 0 Å². The summed E-state index contributed by atoms with van der Waals surface area (Å²) in [6, 6.07) is 2.39. The third-order valence-corrected chi connectivity index (χ3v) is 4.99. The lowest BCUT2D eigenvalue weighted by molar-refractivity contribution is 0.481. The summed E-state index contributed by atoms with van der Waals surface area (Å²) in [6.45, 7) is 2.25. The van der Waals surface area contributed by atoms with Gasteiger partial charge in [-0.3, -0.25) is 11.3 Å². The summed E-state index contributed by atoms with van der Waals surface area (Å²) >= 11 is 5.33. The number of nitrogens with two attached hydrogens (primary N) is 1. The van der Waals surface area contributed by atoms with Crippen molar-refractivity contribution in [2.45, 2.75) is 57.9 Å². The van der Waals surface area contributed by atoms with Gasteiger partial charge in [-0.15, -0.1) is 11.3 Å². The van der Waals surface area contributed by atoms with Crippen LogP contribution in [0.3, 0.4) is 0 Å². The molecule has 1 aromatic rings. The Bertz CT molecular complexity index is 301. The highest BCUT2D eigenvalue weighted by Gasteiger charge is 2.13. The van der Waals surface area contributed by atoms with Crippen LogP contribution in [0.5, 0.6) is 0 Å². The van der Waals surface area contributed by atoms with Crippen molar-refractivity contribution in [1.82, 2.24) is 5.43 Å². The van der Waals surface area contributed by atoms with Crippen molar-refractivity contribution in [2.24, 2.45) is 5.84 Å². The van der Waals surface area contributed by atoms with Crippen LogP contribution in [0.15, 0.2) is 15.9 Å². The lowest BCUT2D eigenvalue weighted by atomic mass is 10.1. The number of thiophene rings is 1. The summed E-state index contributed by atoms with van der Waals surface area (Å²) < 4.78 is 1.18. The van der Waals surface area contributed by atoms with Crippen LogP contribution in [-0.2, 0) is 0 Å². The van der Waals surface area contributed by atoms with Crippen LogP contribution in [0.25, 0.3) is 0 Å². The molecule has 1 unspecified atom stereocenters. The van der Waals surface area contributed by atoms with Gasteiger partial charge in [0.25, 0.3) is 0 Å². The first-order valence-electron chi connectivity index (χ1n) is 6.48. The molecule has 0 saturated heterocycles. The van der Waals surface area contributed by atoms with E-state index in [4.69, 9.17) is 5.84 Å². The molecule has 4 heteroatoms. The third-order valence-electron chi connectivity index (χ3n) is 3.01. The monoisotopic (exact) mass is 318 g/mol. The van der Waals surface area contributed by atoms with Gasteiger partial charge in [0.05, 0.1) is 6.04 Å². The zero-order valence-corrected chi connectivity index (χ0v) is 12.9. The van der Waals surface area contributed by atoms with Crippen LogP contribution in [-0.4, -0.2) is 0 Å². The van der Waals surface area contributed by atoms with E-state index in [9.17, 15) is 0 Å². The highest BCUT2D eigenvalue weighted by molar-refractivity contribution is 9.10. The average Bonchev–Trinajstić information content (AvgIpc) is 2.75. The van der Waals surface area contributed by atoms with E-state index in [0.717, 1.165) is 6.42 Å². The molecule has 1 heterocycles. The molecular formula is C13H23BrN2S. The van der Waals surface area contributed by atoms with Crippen molar-refractivity contribution in [3.05, 3.63) is 20.8 Å². The van der Waals surface area contributed by atoms with E-state index in [0.29, 0.717) is 6.04 Å². The molecule has 0 fully saturated rings. The SMILES string of the molecule is CCCCCCCCC(NN)c1sccc1Br. The van der Waals surface area contributed by atoms with Gasteiger partial charge in [0.2, 0.25) is 0 Å². The van der Waals surface area contributed by atoms with Gasteiger partial charge in [-0.2, -0.15) is 0 Å². The van der Waals surface area contributed by atoms with Gasteiger partial charge >= 0.3 is 0 Å². The summed E-state index contributed by atoms with van der Waals surface area (Å²) in [4.78, 5) is 1.32. The Labute approximate surface area is 117 Å². The second-order valence-electron chi connectivity index (χ2n) is 4.41. The fourth-order valence-corrected chi connectivity index (χ4v) is 3.72. The first-order chi connectivity index (χ1) is 8.29. The van der Waals surface area contributed by atoms with Gasteiger partial charge < -0.3 is 0 Å². The first kappa shape index (κ1) is 15.2. The van der Waals surface area contributed by atoms with Crippen LogP contribution in [0.4, 0.5) is 0 Å². The third kappa shape index (κ3) is 5.51. The largest absolute Gasteiger partial charge is 0.271 e. The minimum Gasteiger partial charge on any atom is -0.271 e. The van der Waals surface area contributed by atoms with Crippen LogP contribution in [0.2, 0.25) is 0 Å². The summed E-state index contributed by atoms with van der Waals surface area (Å²) in [6.07, 6.45) is 9.12. The zero-order chi connectivity index (χ0) is 12.5. The maximum Gasteiger partial charge on any atom is 0.0564 e. The number of hydrogen-bond acceptors (Lipinski definition) is 3. The number of halogens is 1. The van der Waals surface area contributed by atoms with Crippen molar-refractivity contribution >= 4 is 27.3 Å². The highest BCUT2D eigenvalue weighted by atomic mass is 79.9. The number of unbranched alkanes of at least 4 members (excludes halogenated alkanes) is 5. The lowest BCUT2D eigenvalue weighted by Gasteiger charge is -2.14. The topological polar surface area (TPSA) is 38.0 Å². The lowest BCUT2D eigenvalue weighted by Crippen LogP contribution is -2.27. The molecule has 0 saturated carbocycles. The number of hydrogen-bond donors (Lipinski definition) is 2. The molecule has 2 nitrogen and oxygen atoms in total. The van der Waals surface area contributed by atoms with E-state index in [1.54, 1.807) is 11.3 Å². The minimum atomic E-state index is 0.301. The molecule has 0 spiro atoms. The predicted octanol–water partition coefficient (Wildman–Crippen LogP) is 4.77. The molecule has 1 rings (SSSR count). The van der Waals surface area contributed by atoms with Gasteiger partial charge in [0.1, 0.15) is 0 Å². The Balaban J connectivity index is 2.22. The molecule has 3 N–H and O–H groups in total. The maximum atomic E-state index is 5.63. The van der Waals surface area contributed by atoms with Crippen LogP contribution in [0, 0.1) is 0 Å². The van der Waals surface area contributed by atoms with Crippen molar-refractivity contribution in [3.8, 4) is 0 Å². The van der Waals surface area contributed by atoms with Gasteiger partial charge in [-0.05, 0) is 33.8 Å². The smallest absolute Gasteiger partial charge is 0.0564 e. The average molecular weight is 319 g/mol. The molecule has 0 aliphatic carbocycles. The summed E-state index contributed by atoms with van der Waals surface area (Å²) in [5.41, 5.74) is 2.93. The highest BCUT2D eigenvalue weighted by Crippen LogP contribution is 2.31. The van der Waals surface area contributed by atoms with Crippen molar-refractivity contribution in [3.63, 3.8) is 0 Å². The van der Waals surface area contributed by atoms with E-state index in [2.05, 4.69) is 39.7 Å². The van der Waals surface area contributed by atoms with Crippen LogP contribution in [0.1, 0.15) is 62.8 Å². The van der Waals surface area contributed by atoms with Gasteiger partial charge in [-0.1, -0.05) is 45.4 Å². The normalized spacial score (nSPS) is 12.9. The Morgan fingerprint density at radius 2 is 2.00 bits per heavy atom.